The Balaban J connectivity index is 1.48. The molecule has 0 bridgehead atoms. The molecule has 0 saturated carbocycles. The molecule has 3 rings (SSSR count). The number of methoxy groups -OCH3 is 1. The van der Waals surface area contributed by atoms with E-state index < -0.39 is 5.92 Å². The van der Waals surface area contributed by atoms with Crippen LogP contribution in [-0.2, 0) is 9.59 Å². The summed E-state index contributed by atoms with van der Waals surface area (Å²) in [6.07, 6.45) is 0.122. The topological polar surface area (TPSA) is 87.7 Å². The van der Waals surface area contributed by atoms with E-state index in [1.54, 1.807) is 23.1 Å². The van der Waals surface area contributed by atoms with Crippen LogP contribution in [0.2, 0.25) is 10.0 Å². The lowest BCUT2D eigenvalue weighted by molar-refractivity contribution is -0.126. The first-order valence-electron chi connectivity index (χ1n) is 9.35. The number of hydrogen-bond donors (Lipinski definition) is 2. The summed E-state index contributed by atoms with van der Waals surface area (Å²) in [7, 11) is 1.54. The van der Waals surface area contributed by atoms with E-state index >= 15 is 0 Å². The van der Waals surface area contributed by atoms with E-state index in [1.165, 1.54) is 19.2 Å². The summed E-state index contributed by atoms with van der Waals surface area (Å²) in [4.78, 5) is 38.6. The monoisotopic (exact) mass is 449 g/mol. The van der Waals surface area contributed by atoms with Gasteiger partial charge < -0.3 is 20.3 Å². The molecule has 158 valence electrons. The summed E-state index contributed by atoms with van der Waals surface area (Å²) in [6.45, 7) is 0.729. The molecule has 0 spiro atoms. The quantitative estimate of drug-likeness (QED) is 0.636. The molecule has 0 radical (unpaired) electrons. The fourth-order valence-corrected chi connectivity index (χ4v) is 3.74. The fraction of sp³-hybridized carbons (Fsp3) is 0.286. The lowest BCUT2D eigenvalue weighted by atomic mass is 10.1. The van der Waals surface area contributed by atoms with Crippen molar-refractivity contribution in [1.82, 2.24) is 10.6 Å². The number of nitrogens with zero attached hydrogens (tertiary/aromatic N) is 1. The highest BCUT2D eigenvalue weighted by atomic mass is 35.5. The van der Waals surface area contributed by atoms with Crippen LogP contribution in [0.3, 0.4) is 0 Å². The minimum atomic E-state index is -0.469. The molecule has 1 aliphatic heterocycles. The molecule has 3 amide bonds. The highest BCUT2D eigenvalue weighted by molar-refractivity contribution is 6.36. The highest BCUT2D eigenvalue weighted by Gasteiger charge is 2.36. The summed E-state index contributed by atoms with van der Waals surface area (Å²) >= 11 is 11.8. The first-order chi connectivity index (χ1) is 14.4. The van der Waals surface area contributed by atoms with Gasteiger partial charge in [0.05, 0.1) is 29.3 Å². The van der Waals surface area contributed by atoms with Crippen LogP contribution in [0.25, 0.3) is 0 Å². The largest absolute Gasteiger partial charge is 0.495 e. The number of amides is 3. The maximum Gasteiger partial charge on any atom is 0.252 e. The molecular formula is C21H21Cl2N3O4. The maximum atomic E-state index is 12.5. The van der Waals surface area contributed by atoms with Crippen molar-refractivity contribution in [3.63, 3.8) is 0 Å². The normalized spacial score (nSPS) is 15.8. The number of rotatable bonds is 7. The van der Waals surface area contributed by atoms with Gasteiger partial charge in [-0.3, -0.25) is 14.4 Å². The number of para-hydroxylation sites is 2. The fourth-order valence-electron chi connectivity index (χ4n) is 3.24. The Morgan fingerprint density at radius 1 is 1.13 bits per heavy atom. The van der Waals surface area contributed by atoms with Gasteiger partial charge in [0, 0.05) is 31.1 Å². The molecule has 9 heteroatoms. The van der Waals surface area contributed by atoms with Crippen LogP contribution in [0.15, 0.2) is 42.5 Å². The Kier molecular flexibility index (Phi) is 7.18. The molecule has 0 aliphatic carbocycles. The first kappa shape index (κ1) is 21.9. The summed E-state index contributed by atoms with van der Waals surface area (Å²) in [6, 6.07) is 11.8. The number of halogens is 2. The van der Waals surface area contributed by atoms with Crippen molar-refractivity contribution >= 4 is 46.6 Å². The second-order valence-electron chi connectivity index (χ2n) is 6.75. The number of nitrogens with one attached hydrogen (secondary N) is 2. The third-order valence-electron chi connectivity index (χ3n) is 4.76. The lowest BCUT2D eigenvalue weighted by Gasteiger charge is -2.19. The van der Waals surface area contributed by atoms with E-state index in [0.717, 1.165) is 0 Å². The van der Waals surface area contributed by atoms with Crippen LogP contribution >= 0.6 is 23.2 Å². The molecule has 0 aromatic heterocycles. The Morgan fingerprint density at radius 3 is 2.60 bits per heavy atom. The number of carbonyl (C=O) groups is 3. The van der Waals surface area contributed by atoms with Crippen LogP contribution in [0.4, 0.5) is 5.69 Å². The van der Waals surface area contributed by atoms with Gasteiger partial charge >= 0.3 is 0 Å². The van der Waals surface area contributed by atoms with E-state index in [1.807, 2.05) is 12.1 Å². The van der Waals surface area contributed by atoms with Gasteiger partial charge in [0.1, 0.15) is 5.75 Å². The lowest BCUT2D eigenvalue weighted by Crippen LogP contribution is -2.38. The Labute approximate surface area is 184 Å². The number of anilines is 1. The second kappa shape index (κ2) is 9.82. The molecule has 2 aromatic carbocycles. The van der Waals surface area contributed by atoms with E-state index in [4.69, 9.17) is 27.9 Å². The molecule has 2 N–H and O–H groups in total. The second-order valence-corrected chi connectivity index (χ2v) is 7.59. The molecular weight excluding hydrogens is 429 g/mol. The summed E-state index contributed by atoms with van der Waals surface area (Å²) in [5.41, 5.74) is 0.952. The van der Waals surface area contributed by atoms with Gasteiger partial charge in [-0.1, -0.05) is 35.3 Å². The first-order valence-corrected chi connectivity index (χ1v) is 10.1. The van der Waals surface area contributed by atoms with Crippen LogP contribution < -0.4 is 20.3 Å². The standard InChI is InChI=1S/C21H21Cl2N3O4/c1-30-18-5-3-2-4-17(18)26-12-13(10-19(26)27)20(28)24-8-9-25-21(29)15-7-6-14(22)11-16(15)23/h2-7,11,13H,8-10,12H2,1H3,(H,24,28)(H,25,29)/t13-/m0/s1. The smallest absolute Gasteiger partial charge is 0.252 e. The molecule has 0 unspecified atom stereocenters. The zero-order chi connectivity index (χ0) is 21.7. The van der Waals surface area contributed by atoms with E-state index in [2.05, 4.69) is 10.6 Å². The third kappa shape index (κ3) is 5.04. The van der Waals surface area contributed by atoms with E-state index in [0.29, 0.717) is 22.0 Å². The predicted molar refractivity (Wildman–Crippen MR) is 115 cm³/mol. The predicted octanol–water partition coefficient (Wildman–Crippen LogP) is 2.90. The summed E-state index contributed by atoms with van der Waals surface area (Å²) in [5, 5.41) is 6.14. The zero-order valence-corrected chi connectivity index (χ0v) is 17.8. The molecule has 1 heterocycles. The van der Waals surface area contributed by atoms with E-state index in [9.17, 15) is 14.4 Å². The van der Waals surface area contributed by atoms with Crippen molar-refractivity contribution in [2.24, 2.45) is 5.92 Å². The highest BCUT2D eigenvalue weighted by Crippen LogP contribution is 2.32. The van der Waals surface area contributed by atoms with Gasteiger partial charge in [-0.25, -0.2) is 0 Å². The van der Waals surface area contributed by atoms with Crippen LogP contribution in [-0.4, -0.2) is 44.5 Å². The van der Waals surface area contributed by atoms with E-state index in [-0.39, 0.29) is 48.8 Å². The molecule has 1 saturated heterocycles. The van der Waals surface area contributed by atoms with Gasteiger partial charge in [0.25, 0.3) is 5.91 Å². The summed E-state index contributed by atoms with van der Waals surface area (Å²) < 4.78 is 5.30. The molecule has 1 fully saturated rings. The molecule has 2 aromatic rings. The van der Waals surface area contributed by atoms with Crippen molar-refractivity contribution in [2.75, 3.05) is 31.6 Å². The van der Waals surface area contributed by atoms with Crippen molar-refractivity contribution < 1.29 is 19.1 Å². The van der Waals surface area contributed by atoms with Crippen LogP contribution in [0.1, 0.15) is 16.8 Å². The average Bonchev–Trinajstić information content (AvgIpc) is 3.12. The number of carbonyl (C=O) groups excluding carboxylic acids is 3. The molecule has 1 aliphatic rings. The van der Waals surface area contributed by atoms with Crippen molar-refractivity contribution in [2.45, 2.75) is 6.42 Å². The van der Waals surface area contributed by atoms with Crippen LogP contribution in [0.5, 0.6) is 5.75 Å². The Morgan fingerprint density at radius 2 is 1.87 bits per heavy atom. The SMILES string of the molecule is COc1ccccc1N1C[C@@H](C(=O)NCCNC(=O)c2ccc(Cl)cc2Cl)CC1=O. The average molecular weight is 450 g/mol. The zero-order valence-electron chi connectivity index (χ0n) is 16.3. The van der Waals surface area contributed by atoms with Crippen LogP contribution in [0, 0.1) is 5.92 Å². The van der Waals surface area contributed by atoms with Gasteiger partial charge in [-0.15, -0.1) is 0 Å². The Hall–Kier alpha value is -2.77. The maximum absolute atomic E-state index is 12.5. The molecule has 30 heavy (non-hydrogen) atoms. The van der Waals surface area contributed by atoms with Gasteiger partial charge in [0.2, 0.25) is 11.8 Å². The molecule has 1 atom stereocenters. The third-order valence-corrected chi connectivity index (χ3v) is 5.31. The van der Waals surface area contributed by atoms with Crippen molar-refractivity contribution in [1.29, 1.82) is 0 Å². The van der Waals surface area contributed by atoms with Gasteiger partial charge in [-0.05, 0) is 30.3 Å². The number of hydrogen-bond acceptors (Lipinski definition) is 4. The van der Waals surface area contributed by atoms with Gasteiger partial charge in [0.15, 0.2) is 0 Å². The minimum absolute atomic E-state index is 0.122. The molecule has 7 nitrogen and oxygen atoms in total. The Bertz CT molecular complexity index is 967. The van der Waals surface area contributed by atoms with Gasteiger partial charge in [-0.2, -0.15) is 0 Å². The van der Waals surface area contributed by atoms with Crippen molar-refractivity contribution in [3.8, 4) is 5.75 Å². The summed E-state index contributed by atoms with van der Waals surface area (Å²) in [5.74, 6) is -0.617. The number of benzene rings is 2. The minimum Gasteiger partial charge on any atom is -0.495 e. The number of ether oxygens (including phenoxy) is 1. The van der Waals surface area contributed by atoms with Crippen molar-refractivity contribution in [3.05, 3.63) is 58.1 Å².